The third-order valence-corrected chi connectivity index (χ3v) is 6.43. The van der Waals surface area contributed by atoms with Crippen LogP contribution in [-0.2, 0) is 13.8 Å². The first-order valence-corrected chi connectivity index (χ1v) is 9.65. The highest BCUT2D eigenvalue weighted by Gasteiger charge is 2.60. The summed E-state index contributed by atoms with van der Waals surface area (Å²) in [5, 5.41) is 1.31. The second kappa shape index (κ2) is 7.72. The minimum atomic E-state index is -5.58. The van der Waals surface area contributed by atoms with Crippen molar-refractivity contribution in [3.8, 4) is 0 Å². The van der Waals surface area contributed by atoms with E-state index >= 15 is 0 Å². The molecule has 24 heavy (non-hydrogen) atoms. The molecule has 1 rings (SSSR count). The molecule has 0 aromatic rings. The lowest BCUT2D eigenvalue weighted by molar-refractivity contribution is -0.350. The minimum absolute atomic E-state index is 0.0117. The van der Waals surface area contributed by atoms with Crippen molar-refractivity contribution < 1.29 is 28.4 Å². The summed E-state index contributed by atoms with van der Waals surface area (Å²) in [6.45, 7) is 3.02. The molecule has 2 unspecified atom stereocenters. The standard InChI is InChI=1S/C12H16Cl4NO6P/c1-4-11(16)8(15)6(13)7(14)9(22-10(18)17-3)12(11,5-2)23-24(19,20)21/h4-5H2,1-3H3,(H,17,18)(H2,19,20,21)/p-2. The van der Waals surface area contributed by atoms with Crippen molar-refractivity contribution in [1.29, 1.82) is 0 Å². The number of hydrogen-bond donors (Lipinski definition) is 1. The predicted octanol–water partition coefficient (Wildman–Crippen LogP) is 2.88. The number of alkyl halides is 1. The van der Waals surface area contributed by atoms with E-state index in [9.17, 15) is 19.1 Å². The Balaban J connectivity index is 3.78. The first-order valence-electron chi connectivity index (χ1n) is 6.67. The molecule has 0 saturated heterocycles. The molecule has 2 atom stereocenters. The van der Waals surface area contributed by atoms with Gasteiger partial charge in [0, 0.05) is 7.05 Å². The zero-order valence-corrected chi connectivity index (χ0v) is 16.7. The zero-order valence-electron chi connectivity index (χ0n) is 12.8. The van der Waals surface area contributed by atoms with Crippen molar-refractivity contribution in [2.75, 3.05) is 7.05 Å². The van der Waals surface area contributed by atoms with E-state index in [0.717, 1.165) is 0 Å². The number of hydrogen-bond acceptors (Lipinski definition) is 6. The number of carbonyl (C=O) groups excluding carboxylic acids is 1. The summed E-state index contributed by atoms with van der Waals surface area (Å²) in [4.78, 5) is 32.5. The van der Waals surface area contributed by atoms with Gasteiger partial charge >= 0.3 is 6.09 Å². The van der Waals surface area contributed by atoms with E-state index in [0.29, 0.717) is 0 Å². The van der Waals surface area contributed by atoms with Gasteiger partial charge in [0.05, 0.1) is 17.9 Å². The third-order valence-electron chi connectivity index (χ3n) is 3.59. The largest absolute Gasteiger partial charge is 0.790 e. The average Bonchev–Trinajstić information content (AvgIpc) is 2.52. The number of amides is 1. The van der Waals surface area contributed by atoms with Gasteiger partial charge in [-0.05, 0) is 12.8 Å². The summed E-state index contributed by atoms with van der Waals surface area (Å²) in [7, 11) is -4.32. The van der Waals surface area contributed by atoms with Crippen LogP contribution in [0.4, 0.5) is 4.79 Å². The van der Waals surface area contributed by atoms with Crippen molar-refractivity contribution in [3.63, 3.8) is 0 Å². The molecule has 1 N–H and O–H groups in total. The lowest BCUT2D eigenvalue weighted by Gasteiger charge is -2.52. The summed E-state index contributed by atoms with van der Waals surface area (Å²) in [6, 6.07) is 0. The molecule has 0 bridgehead atoms. The smallest absolute Gasteiger partial charge is 0.412 e. The van der Waals surface area contributed by atoms with Crippen molar-refractivity contribution in [3.05, 3.63) is 20.9 Å². The molecule has 1 aliphatic rings. The topological polar surface area (TPSA) is 111 Å². The fraction of sp³-hybridized carbons (Fsp3) is 0.583. The van der Waals surface area contributed by atoms with Gasteiger partial charge in [0.25, 0.3) is 0 Å². The first-order chi connectivity index (χ1) is 10.9. The third kappa shape index (κ3) is 3.74. The van der Waals surface area contributed by atoms with Crippen molar-refractivity contribution in [1.82, 2.24) is 5.32 Å². The number of allylic oxidation sites excluding steroid dienone is 2. The fourth-order valence-electron chi connectivity index (χ4n) is 2.43. The van der Waals surface area contributed by atoms with E-state index in [-0.39, 0.29) is 27.9 Å². The maximum absolute atomic E-state index is 11.6. The highest BCUT2D eigenvalue weighted by atomic mass is 35.5. The SMILES string of the molecule is CCC1(Cl)C(Cl)=C(Cl)C(Cl)=C(OC(=O)NC)C1(CC)OP(=O)([O-])[O-]. The zero-order chi connectivity index (χ0) is 18.9. The molecular formula is C12H14Cl4NO6P-2. The van der Waals surface area contributed by atoms with Crippen LogP contribution in [0.1, 0.15) is 26.7 Å². The Morgan fingerprint density at radius 1 is 1.21 bits per heavy atom. The molecule has 0 saturated carbocycles. The van der Waals surface area contributed by atoms with E-state index in [1.807, 2.05) is 0 Å². The summed E-state index contributed by atoms with van der Waals surface area (Å²) in [5.74, 6) is -0.510. The van der Waals surface area contributed by atoms with Crippen LogP contribution in [0.25, 0.3) is 0 Å². The number of nitrogens with one attached hydrogen (secondary N) is 1. The van der Waals surface area contributed by atoms with E-state index in [1.54, 1.807) is 6.92 Å². The number of rotatable bonds is 5. The van der Waals surface area contributed by atoms with Gasteiger partial charge in [-0.2, -0.15) is 0 Å². The van der Waals surface area contributed by atoms with Gasteiger partial charge in [-0.1, -0.05) is 48.7 Å². The second-order valence-corrected chi connectivity index (χ2v) is 7.64. The van der Waals surface area contributed by atoms with Gasteiger partial charge in [0.2, 0.25) is 0 Å². The minimum Gasteiger partial charge on any atom is -0.790 e. The lowest BCUT2D eigenvalue weighted by Crippen LogP contribution is -2.57. The first kappa shape index (κ1) is 22.1. The van der Waals surface area contributed by atoms with E-state index in [1.165, 1.54) is 14.0 Å². The summed E-state index contributed by atoms with van der Waals surface area (Å²) in [6.07, 6.45) is -1.21. The molecule has 1 amide bonds. The Morgan fingerprint density at radius 2 is 1.75 bits per heavy atom. The highest BCUT2D eigenvalue weighted by molar-refractivity contribution is 7.43. The Bertz CT molecular complexity index is 647. The Morgan fingerprint density at radius 3 is 2.12 bits per heavy atom. The van der Waals surface area contributed by atoms with Crippen LogP contribution in [0.5, 0.6) is 0 Å². The van der Waals surface area contributed by atoms with Gasteiger partial charge in [0.1, 0.15) is 9.91 Å². The maximum atomic E-state index is 11.6. The van der Waals surface area contributed by atoms with Gasteiger partial charge < -0.3 is 28.9 Å². The molecule has 0 spiro atoms. The molecule has 0 aromatic heterocycles. The van der Waals surface area contributed by atoms with Gasteiger partial charge in [-0.3, -0.25) is 0 Å². The Hall–Kier alpha value is 0.0200. The number of phosphoric acid groups is 1. The number of phosphoric ester groups is 1. The van der Waals surface area contributed by atoms with E-state index < -0.39 is 30.2 Å². The quantitative estimate of drug-likeness (QED) is 0.519. The van der Waals surface area contributed by atoms with Crippen LogP contribution in [-0.4, -0.2) is 23.6 Å². The normalized spacial score (nSPS) is 28.2. The van der Waals surface area contributed by atoms with Crippen molar-refractivity contribution in [2.24, 2.45) is 0 Å². The van der Waals surface area contributed by atoms with Gasteiger partial charge in [0.15, 0.2) is 11.4 Å². The van der Waals surface area contributed by atoms with Gasteiger partial charge in [-0.15, -0.1) is 11.6 Å². The number of halogens is 4. The van der Waals surface area contributed by atoms with E-state index in [2.05, 4.69) is 5.32 Å². The van der Waals surface area contributed by atoms with Crippen LogP contribution in [0.3, 0.4) is 0 Å². The van der Waals surface area contributed by atoms with Gasteiger partial charge in [-0.25, -0.2) is 4.79 Å². The summed E-state index contributed by atoms with van der Waals surface area (Å²) >= 11 is 24.8. The number of ether oxygens (including phenoxy) is 1. The highest BCUT2D eigenvalue weighted by Crippen LogP contribution is 2.59. The molecule has 1 aliphatic carbocycles. The molecule has 0 fully saturated rings. The van der Waals surface area contributed by atoms with Crippen LogP contribution in [0.2, 0.25) is 0 Å². The molecule has 0 radical (unpaired) electrons. The monoisotopic (exact) mass is 439 g/mol. The Labute approximate surface area is 159 Å². The molecule has 0 heterocycles. The van der Waals surface area contributed by atoms with Crippen LogP contribution in [0, 0.1) is 0 Å². The summed E-state index contributed by atoms with van der Waals surface area (Å²) in [5.41, 5.74) is -2.15. The van der Waals surface area contributed by atoms with Crippen molar-refractivity contribution in [2.45, 2.75) is 37.2 Å². The molecular weight excluding hydrogens is 427 g/mol. The second-order valence-electron chi connectivity index (χ2n) is 4.78. The predicted molar refractivity (Wildman–Crippen MR) is 87.7 cm³/mol. The van der Waals surface area contributed by atoms with Crippen LogP contribution >= 0.6 is 54.2 Å². The number of carbonyl (C=O) groups is 1. The summed E-state index contributed by atoms with van der Waals surface area (Å²) < 4.78 is 21.1. The fourth-order valence-corrected chi connectivity index (χ4v) is 4.59. The number of alkyl carbamates (subject to hydrolysis) is 1. The molecule has 138 valence electrons. The lowest BCUT2D eigenvalue weighted by atomic mass is 9.77. The average molecular weight is 441 g/mol. The molecule has 7 nitrogen and oxygen atoms in total. The Kier molecular flexibility index (Phi) is 7.10. The molecule has 0 aromatic carbocycles. The molecule has 0 aliphatic heterocycles. The van der Waals surface area contributed by atoms with Crippen LogP contribution in [0.15, 0.2) is 20.9 Å². The van der Waals surface area contributed by atoms with Crippen LogP contribution < -0.4 is 15.1 Å². The molecule has 12 heteroatoms. The van der Waals surface area contributed by atoms with E-state index in [4.69, 9.17) is 55.7 Å². The van der Waals surface area contributed by atoms with Crippen molar-refractivity contribution >= 4 is 60.3 Å². The maximum Gasteiger partial charge on any atom is 0.412 e.